The predicted octanol–water partition coefficient (Wildman–Crippen LogP) is 3.70. The highest BCUT2D eigenvalue weighted by atomic mass is 35.5. The first-order chi connectivity index (χ1) is 14.6. The summed E-state index contributed by atoms with van der Waals surface area (Å²) in [4.78, 5) is 25.6. The summed E-state index contributed by atoms with van der Waals surface area (Å²) in [5.74, 6) is 1.10. The van der Waals surface area contributed by atoms with Gasteiger partial charge >= 0.3 is 6.09 Å². The summed E-state index contributed by atoms with van der Waals surface area (Å²) in [6.07, 6.45) is 0.424. The van der Waals surface area contributed by atoms with Crippen molar-refractivity contribution in [2.75, 3.05) is 33.4 Å². The van der Waals surface area contributed by atoms with E-state index in [0.29, 0.717) is 43.3 Å². The number of hydrogen-bond donors (Lipinski definition) is 1. The number of rotatable bonds is 8. The number of piperazine rings is 1. The van der Waals surface area contributed by atoms with Crippen LogP contribution in [0.4, 0.5) is 4.79 Å². The average Bonchev–Trinajstić information content (AvgIpc) is 2.78. The van der Waals surface area contributed by atoms with Crippen molar-refractivity contribution in [1.82, 2.24) is 10.2 Å². The molecule has 1 fully saturated rings. The van der Waals surface area contributed by atoms with Crippen LogP contribution in [0.5, 0.6) is 11.5 Å². The summed E-state index contributed by atoms with van der Waals surface area (Å²) in [5, 5.41) is 3.41. The fraction of sp³-hybridized carbons (Fsp3) is 0.391. The molecule has 1 aliphatic rings. The summed E-state index contributed by atoms with van der Waals surface area (Å²) in [6, 6.07) is 14.9. The summed E-state index contributed by atoms with van der Waals surface area (Å²) in [6.45, 7) is 4.14. The molecule has 0 aliphatic carbocycles. The second-order valence-corrected chi connectivity index (χ2v) is 7.20. The van der Waals surface area contributed by atoms with Gasteiger partial charge in [-0.25, -0.2) is 4.79 Å². The molecule has 1 heterocycles. The Morgan fingerprint density at radius 1 is 1.13 bits per heavy atom. The van der Waals surface area contributed by atoms with Crippen molar-refractivity contribution in [1.29, 1.82) is 0 Å². The molecule has 31 heavy (non-hydrogen) atoms. The van der Waals surface area contributed by atoms with Gasteiger partial charge < -0.3 is 24.4 Å². The first-order valence-electron chi connectivity index (χ1n) is 10.1. The molecule has 2 aromatic rings. The number of benzene rings is 2. The fourth-order valence-corrected chi connectivity index (χ4v) is 3.31. The van der Waals surface area contributed by atoms with Crippen LogP contribution in [0, 0.1) is 0 Å². The van der Waals surface area contributed by atoms with E-state index >= 15 is 0 Å². The smallest absolute Gasteiger partial charge is 0.410 e. The van der Waals surface area contributed by atoms with Crippen LogP contribution in [0.1, 0.15) is 29.3 Å². The first kappa shape index (κ1) is 24.5. The summed E-state index contributed by atoms with van der Waals surface area (Å²) in [5.41, 5.74) is 1.55. The van der Waals surface area contributed by atoms with Crippen LogP contribution in [0.2, 0.25) is 0 Å². The SMILES string of the molecule is COc1cc(C(C)=O)ccc1OCC[C@@H]1CN(C(=O)OCc2ccccc2)CCN1.Cl. The van der Waals surface area contributed by atoms with E-state index in [1.807, 2.05) is 30.3 Å². The summed E-state index contributed by atoms with van der Waals surface area (Å²) >= 11 is 0. The van der Waals surface area contributed by atoms with E-state index in [9.17, 15) is 9.59 Å². The van der Waals surface area contributed by atoms with Crippen molar-refractivity contribution in [3.05, 3.63) is 59.7 Å². The van der Waals surface area contributed by atoms with Gasteiger partial charge in [-0.3, -0.25) is 4.79 Å². The molecule has 1 atom stereocenters. The van der Waals surface area contributed by atoms with Gasteiger partial charge in [-0.2, -0.15) is 0 Å². The van der Waals surface area contributed by atoms with Crippen molar-refractivity contribution in [3.8, 4) is 11.5 Å². The monoisotopic (exact) mass is 448 g/mol. The summed E-state index contributed by atoms with van der Waals surface area (Å²) in [7, 11) is 1.55. The highest BCUT2D eigenvalue weighted by Gasteiger charge is 2.24. The lowest BCUT2D eigenvalue weighted by atomic mass is 10.1. The third-order valence-electron chi connectivity index (χ3n) is 5.01. The van der Waals surface area contributed by atoms with E-state index < -0.39 is 0 Å². The molecule has 1 N–H and O–H groups in total. The van der Waals surface area contributed by atoms with Gasteiger partial charge in [0.15, 0.2) is 17.3 Å². The third kappa shape index (κ3) is 7.15. The Morgan fingerprint density at radius 3 is 2.61 bits per heavy atom. The minimum atomic E-state index is -0.298. The largest absolute Gasteiger partial charge is 0.493 e. The van der Waals surface area contributed by atoms with Crippen LogP contribution in [-0.4, -0.2) is 56.2 Å². The van der Waals surface area contributed by atoms with Crippen LogP contribution in [-0.2, 0) is 11.3 Å². The second-order valence-electron chi connectivity index (χ2n) is 7.20. The van der Waals surface area contributed by atoms with Gasteiger partial charge in [-0.05, 0) is 37.1 Å². The number of carbonyl (C=O) groups is 2. The maximum Gasteiger partial charge on any atom is 0.410 e. The Bertz CT molecular complexity index is 862. The minimum Gasteiger partial charge on any atom is -0.493 e. The van der Waals surface area contributed by atoms with Crippen molar-refractivity contribution in [3.63, 3.8) is 0 Å². The standard InChI is InChI=1S/C23H28N2O5.ClH/c1-17(26)19-8-9-21(22(14-19)28-2)29-13-10-20-15-25(12-11-24-20)23(27)30-16-18-6-4-3-5-7-18;/h3-9,14,20,24H,10-13,15-16H2,1-2H3;1H/t20-;/m1./s1. The Hall–Kier alpha value is -2.77. The number of ketones is 1. The number of Topliss-reactive ketones (excluding diaryl/α,β-unsaturated/α-hetero) is 1. The molecule has 1 aliphatic heterocycles. The van der Waals surface area contributed by atoms with E-state index in [-0.39, 0.29) is 36.9 Å². The molecule has 3 rings (SSSR count). The molecule has 0 aromatic heterocycles. The number of carbonyl (C=O) groups excluding carboxylic acids is 2. The number of nitrogens with one attached hydrogen (secondary N) is 1. The number of methoxy groups -OCH3 is 1. The highest BCUT2D eigenvalue weighted by molar-refractivity contribution is 5.94. The van der Waals surface area contributed by atoms with Gasteiger partial charge in [-0.15, -0.1) is 12.4 Å². The van der Waals surface area contributed by atoms with Gasteiger partial charge in [0.25, 0.3) is 0 Å². The predicted molar refractivity (Wildman–Crippen MR) is 120 cm³/mol. The zero-order valence-corrected chi connectivity index (χ0v) is 18.7. The zero-order chi connectivity index (χ0) is 21.3. The molecular formula is C23H29ClN2O5. The Kier molecular flexibility index (Phi) is 9.62. The van der Waals surface area contributed by atoms with Gasteiger partial charge in [0.05, 0.1) is 13.7 Å². The molecule has 2 aromatic carbocycles. The van der Waals surface area contributed by atoms with Gasteiger partial charge in [0.1, 0.15) is 6.61 Å². The van der Waals surface area contributed by atoms with E-state index in [0.717, 1.165) is 12.0 Å². The quantitative estimate of drug-likeness (QED) is 0.620. The molecule has 0 bridgehead atoms. The van der Waals surface area contributed by atoms with E-state index in [1.54, 1.807) is 30.2 Å². The van der Waals surface area contributed by atoms with Crippen LogP contribution < -0.4 is 14.8 Å². The molecule has 0 spiro atoms. The van der Waals surface area contributed by atoms with Crippen molar-refractivity contribution >= 4 is 24.3 Å². The van der Waals surface area contributed by atoms with Crippen LogP contribution >= 0.6 is 12.4 Å². The van der Waals surface area contributed by atoms with Crippen molar-refractivity contribution < 1.29 is 23.8 Å². The first-order valence-corrected chi connectivity index (χ1v) is 10.1. The van der Waals surface area contributed by atoms with Crippen molar-refractivity contribution in [2.24, 2.45) is 0 Å². The normalized spacial score (nSPS) is 15.5. The van der Waals surface area contributed by atoms with E-state index in [4.69, 9.17) is 14.2 Å². The lowest BCUT2D eigenvalue weighted by Gasteiger charge is -2.33. The van der Waals surface area contributed by atoms with E-state index in [1.165, 1.54) is 6.92 Å². The molecule has 8 heteroatoms. The second kappa shape index (κ2) is 12.2. The molecule has 0 unspecified atom stereocenters. The molecule has 1 saturated heterocycles. The topological polar surface area (TPSA) is 77.1 Å². The maximum atomic E-state index is 12.4. The van der Waals surface area contributed by atoms with E-state index in [2.05, 4.69) is 5.32 Å². The summed E-state index contributed by atoms with van der Waals surface area (Å²) < 4.78 is 16.6. The molecule has 0 radical (unpaired) electrons. The van der Waals surface area contributed by atoms with Gasteiger partial charge in [0, 0.05) is 31.2 Å². The zero-order valence-electron chi connectivity index (χ0n) is 17.8. The number of amides is 1. The van der Waals surface area contributed by atoms with Crippen molar-refractivity contribution in [2.45, 2.75) is 26.0 Å². The molecule has 1 amide bonds. The Morgan fingerprint density at radius 2 is 1.90 bits per heavy atom. The fourth-order valence-electron chi connectivity index (χ4n) is 3.31. The number of halogens is 1. The van der Waals surface area contributed by atoms with Crippen LogP contribution in [0.25, 0.3) is 0 Å². The average molecular weight is 449 g/mol. The number of ether oxygens (including phenoxy) is 3. The molecule has 7 nitrogen and oxygen atoms in total. The maximum absolute atomic E-state index is 12.4. The van der Waals surface area contributed by atoms with Crippen LogP contribution in [0.15, 0.2) is 48.5 Å². The minimum absolute atomic E-state index is 0. The van der Waals surface area contributed by atoms with Gasteiger partial charge in [-0.1, -0.05) is 30.3 Å². The molecule has 168 valence electrons. The highest BCUT2D eigenvalue weighted by Crippen LogP contribution is 2.28. The number of hydrogen-bond acceptors (Lipinski definition) is 6. The lowest BCUT2D eigenvalue weighted by Crippen LogP contribution is -2.53. The molecular weight excluding hydrogens is 420 g/mol. The van der Waals surface area contributed by atoms with Gasteiger partial charge in [0.2, 0.25) is 0 Å². The lowest BCUT2D eigenvalue weighted by molar-refractivity contribution is 0.0826. The molecule has 0 saturated carbocycles. The Balaban J connectivity index is 0.00000341. The third-order valence-corrected chi connectivity index (χ3v) is 5.01. The Labute approximate surface area is 189 Å². The van der Waals surface area contributed by atoms with Crippen LogP contribution in [0.3, 0.4) is 0 Å². The number of nitrogens with zero attached hydrogens (tertiary/aromatic N) is 1.